The van der Waals surface area contributed by atoms with Crippen molar-refractivity contribution in [3.63, 3.8) is 0 Å². The van der Waals surface area contributed by atoms with Gasteiger partial charge in [0.15, 0.2) is 0 Å². The van der Waals surface area contributed by atoms with Crippen molar-refractivity contribution in [2.45, 2.75) is 0 Å². The van der Waals surface area contributed by atoms with Crippen LogP contribution in [0.2, 0.25) is 0 Å². The van der Waals surface area contributed by atoms with Crippen molar-refractivity contribution in [3.05, 3.63) is 55.1 Å². The molecular formula is C15H12N2O. The van der Waals surface area contributed by atoms with E-state index < -0.39 is 0 Å². The lowest BCUT2D eigenvalue weighted by Crippen LogP contribution is -1.88. The Morgan fingerprint density at radius 1 is 0.889 bits per heavy atom. The number of benzene rings is 1. The van der Waals surface area contributed by atoms with Gasteiger partial charge >= 0.3 is 0 Å². The highest BCUT2D eigenvalue weighted by Gasteiger charge is 2.07. The lowest BCUT2D eigenvalue weighted by Gasteiger charge is -2.09. The van der Waals surface area contributed by atoms with Crippen molar-refractivity contribution >= 4 is 10.8 Å². The highest BCUT2D eigenvalue weighted by Crippen LogP contribution is 2.33. The Labute approximate surface area is 105 Å². The molecule has 0 fully saturated rings. The first kappa shape index (κ1) is 10.7. The molecule has 0 aliphatic heterocycles. The van der Waals surface area contributed by atoms with Gasteiger partial charge < -0.3 is 4.74 Å². The van der Waals surface area contributed by atoms with Gasteiger partial charge in [0.05, 0.1) is 7.11 Å². The zero-order valence-corrected chi connectivity index (χ0v) is 10.00. The van der Waals surface area contributed by atoms with E-state index in [9.17, 15) is 0 Å². The molecule has 1 aromatic carbocycles. The quantitative estimate of drug-likeness (QED) is 0.684. The van der Waals surface area contributed by atoms with Gasteiger partial charge in [-0.3, -0.25) is 9.97 Å². The number of fused-ring (bicyclic) bond motifs is 1. The Balaban J connectivity index is 2.32. The van der Waals surface area contributed by atoms with Crippen LogP contribution < -0.4 is 4.74 Å². The first-order chi connectivity index (χ1) is 8.90. The fourth-order valence-corrected chi connectivity index (χ4v) is 2.11. The number of ether oxygens (including phenoxy) is 1. The predicted molar refractivity (Wildman–Crippen MR) is 71.5 cm³/mol. The third kappa shape index (κ3) is 1.70. The molecule has 0 saturated heterocycles. The van der Waals surface area contributed by atoms with E-state index in [1.807, 2.05) is 42.7 Å². The van der Waals surface area contributed by atoms with Crippen molar-refractivity contribution in [1.29, 1.82) is 0 Å². The number of aromatic nitrogens is 2. The van der Waals surface area contributed by atoms with Gasteiger partial charge in [0.25, 0.3) is 0 Å². The van der Waals surface area contributed by atoms with E-state index in [4.69, 9.17) is 4.74 Å². The minimum absolute atomic E-state index is 0.861. The number of methoxy groups -OCH3 is 1. The van der Waals surface area contributed by atoms with Crippen molar-refractivity contribution in [2.24, 2.45) is 0 Å². The van der Waals surface area contributed by atoms with Gasteiger partial charge in [-0.25, -0.2) is 0 Å². The van der Waals surface area contributed by atoms with E-state index in [-0.39, 0.29) is 0 Å². The smallest absolute Gasteiger partial charge is 0.126 e. The molecule has 0 aliphatic carbocycles. The number of nitrogens with zero attached hydrogens (tertiary/aromatic N) is 2. The second-order valence-electron chi connectivity index (χ2n) is 3.98. The summed E-state index contributed by atoms with van der Waals surface area (Å²) in [7, 11) is 1.68. The van der Waals surface area contributed by atoms with Crippen LogP contribution in [0.3, 0.4) is 0 Å². The van der Waals surface area contributed by atoms with E-state index in [1.165, 1.54) is 0 Å². The highest BCUT2D eigenvalue weighted by atomic mass is 16.5. The molecule has 0 aliphatic rings. The van der Waals surface area contributed by atoms with Crippen molar-refractivity contribution in [3.8, 4) is 16.9 Å². The molecule has 0 atom stereocenters. The van der Waals surface area contributed by atoms with E-state index in [0.29, 0.717) is 0 Å². The Morgan fingerprint density at radius 2 is 1.78 bits per heavy atom. The summed E-state index contributed by atoms with van der Waals surface area (Å²) in [4.78, 5) is 8.36. The summed E-state index contributed by atoms with van der Waals surface area (Å²) in [6.07, 6.45) is 7.26. The number of hydrogen-bond donors (Lipinski definition) is 0. The topological polar surface area (TPSA) is 35.0 Å². The summed E-state index contributed by atoms with van der Waals surface area (Å²) in [5.41, 5.74) is 2.20. The average Bonchev–Trinajstić information content (AvgIpc) is 2.47. The summed E-state index contributed by atoms with van der Waals surface area (Å²) in [6.45, 7) is 0. The number of rotatable bonds is 2. The molecule has 2 heterocycles. The molecule has 0 saturated carbocycles. The first-order valence-corrected chi connectivity index (χ1v) is 5.71. The van der Waals surface area contributed by atoms with E-state index >= 15 is 0 Å². The zero-order chi connectivity index (χ0) is 12.4. The summed E-state index contributed by atoms with van der Waals surface area (Å²) in [5, 5.41) is 2.14. The van der Waals surface area contributed by atoms with Crippen LogP contribution in [0.15, 0.2) is 55.1 Å². The van der Waals surface area contributed by atoms with Gasteiger partial charge in [0.1, 0.15) is 5.75 Å². The SMILES string of the molecule is COc1ccc(-c2cccnc2)c2cnccc12. The van der Waals surface area contributed by atoms with E-state index in [1.54, 1.807) is 19.5 Å². The standard InChI is InChI=1S/C15H12N2O/c1-18-15-5-4-12(11-3-2-7-16-9-11)14-10-17-8-6-13(14)15/h2-10H,1H3. The summed E-state index contributed by atoms with van der Waals surface area (Å²) < 4.78 is 5.37. The van der Waals surface area contributed by atoms with Crippen LogP contribution in [-0.4, -0.2) is 17.1 Å². The maximum Gasteiger partial charge on any atom is 0.126 e. The minimum Gasteiger partial charge on any atom is -0.496 e. The van der Waals surface area contributed by atoms with Gasteiger partial charge in [-0.1, -0.05) is 6.07 Å². The average molecular weight is 236 g/mol. The normalized spacial score (nSPS) is 10.5. The molecule has 3 heteroatoms. The van der Waals surface area contributed by atoms with Gasteiger partial charge in [0.2, 0.25) is 0 Å². The van der Waals surface area contributed by atoms with Gasteiger partial charge in [-0.2, -0.15) is 0 Å². The van der Waals surface area contributed by atoms with Crippen molar-refractivity contribution in [1.82, 2.24) is 9.97 Å². The molecule has 0 radical (unpaired) electrons. The third-order valence-electron chi connectivity index (χ3n) is 2.97. The van der Waals surface area contributed by atoms with Crippen LogP contribution in [0, 0.1) is 0 Å². The zero-order valence-electron chi connectivity index (χ0n) is 10.00. The molecule has 18 heavy (non-hydrogen) atoms. The second-order valence-corrected chi connectivity index (χ2v) is 3.98. The minimum atomic E-state index is 0.861. The Morgan fingerprint density at radius 3 is 2.56 bits per heavy atom. The van der Waals surface area contributed by atoms with Crippen molar-refractivity contribution in [2.75, 3.05) is 7.11 Å². The molecule has 88 valence electrons. The molecular weight excluding hydrogens is 224 g/mol. The Kier molecular flexibility index (Phi) is 2.65. The van der Waals surface area contributed by atoms with Crippen LogP contribution in [0.4, 0.5) is 0 Å². The summed E-state index contributed by atoms with van der Waals surface area (Å²) >= 11 is 0. The summed E-state index contributed by atoms with van der Waals surface area (Å²) in [6, 6.07) is 9.96. The molecule has 0 N–H and O–H groups in total. The summed E-state index contributed by atoms with van der Waals surface area (Å²) in [5.74, 6) is 0.861. The molecule has 3 nitrogen and oxygen atoms in total. The molecule has 0 amide bonds. The largest absolute Gasteiger partial charge is 0.496 e. The number of pyridine rings is 2. The lowest BCUT2D eigenvalue weighted by atomic mass is 10.0. The molecule has 2 aromatic heterocycles. The van der Waals surface area contributed by atoms with Crippen LogP contribution in [0.25, 0.3) is 21.9 Å². The third-order valence-corrected chi connectivity index (χ3v) is 2.97. The van der Waals surface area contributed by atoms with E-state index in [0.717, 1.165) is 27.6 Å². The predicted octanol–water partition coefficient (Wildman–Crippen LogP) is 3.31. The molecule has 3 aromatic rings. The maximum atomic E-state index is 5.37. The number of hydrogen-bond acceptors (Lipinski definition) is 3. The Bertz CT molecular complexity index is 680. The molecule has 0 unspecified atom stereocenters. The van der Waals surface area contributed by atoms with Gasteiger partial charge in [-0.15, -0.1) is 0 Å². The highest BCUT2D eigenvalue weighted by molar-refractivity contribution is 5.99. The monoisotopic (exact) mass is 236 g/mol. The van der Waals surface area contributed by atoms with Crippen LogP contribution in [-0.2, 0) is 0 Å². The van der Waals surface area contributed by atoms with Crippen molar-refractivity contribution < 1.29 is 4.74 Å². The van der Waals surface area contributed by atoms with Gasteiger partial charge in [-0.05, 0) is 29.8 Å². The second kappa shape index (κ2) is 4.45. The molecule has 3 rings (SSSR count). The Hall–Kier alpha value is -2.42. The maximum absolute atomic E-state index is 5.37. The fraction of sp³-hybridized carbons (Fsp3) is 0.0667. The van der Waals surface area contributed by atoms with Crippen LogP contribution >= 0.6 is 0 Å². The fourth-order valence-electron chi connectivity index (χ4n) is 2.11. The van der Waals surface area contributed by atoms with E-state index in [2.05, 4.69) is 9.97 Å². The first-order valence-electron chi connectivity index (χ1n) is 5.71. The lowest BCUT2D eigenvalue weighted by molar-refractivity contribution is 0.420. The van der Waals surface area contributed by atoms with Crippen LogP contribution in [0.5, 0.6) is 5.75 Å². The van der Waals surface area contributed by atoms with Gasteiger partial charge in [0, 0.05) is 41.1 Å². The van der Waals surface area contributed by atoms with Crippen LogP contribution in [0.1, 0.15) is 0 Å². The molecule has 0 bridgehead atoms. The molecule has 0 spiro atoms.